The molecule has 4 heterocycles. The van der Waals surface area contributed by atoms with E-state index in [1.165, 1.54) is 0 Å². The van der Waals surface area contributed by atoms with E-state index < -0.39 is 0 Å². The van der Waals surface area contributed by atoms with Gasteiger partial charge in [-0.1, -0.05) is 0 Å². The predicted octanol–water partition coefficient (Wildman–Crippen LogP) is -0.513. The lowest BCUT2D eigenvalue weighted by atomic mass is 10.1. The molecule has 4 rings (SSSR count). The van der Waals surface area contributed by atoms with E-state index in [0.717, 1.165) is 56.7 Å². The Bertz CT molecular complexity index is 753. The highest BCUT2D eigenvalue weighted by atomic mass is 16.2. The first kappa shape index (κ1) is 16.9. The summed E-state index contributed by atoms with van der Waals surface area (Å²) in [7, 11) is 0. The van der Waals surface area contributed by atoms with E-state index >= 15 is 0 Å². The van der Waals surface area contributed by atoms with Gasteiger partial charge in [0.05, 0.1) is 6.54 Å². The third-order valence-corrected chi connectivity index (χ3v) is 5.09. The summed E-state index contributed by atoms with van der Waals surface area (Å²) in [5, 5.41) is 11.3. The first-order valence-corrected chi connectivity index (χ1v) is 9.09. The number of nitrogens with zero attached hydrogens (tertiary/aromatic N) is 7. The van der Waals surface area contributed by atoms with Crippen LogP contribution in [0, 0.1) is 12.8 Å². The quantitative estimate of drug-likeness (QED) is 0.771. The van der Waals surface area contributed by atoms with Gasteiger partial charge in [-0.25, -0.2) is 9.97 Å². The van der Waals surface area contributed by atoms with E-state index in [0.29, 0.717) is 19.0 Å². The molecule has 1 amide bonds. The Balaban J connectivity index is 1.18. The molecule has 9 heteroatoms. The third-order valence-electron chi connectivity index (χ3n) is 5.09. The standard InChI is InChI=1S/C17H24N8O/c1-13-21-22-15-9-14(11-25(13)15)10-20-16(26)12-23-5-7-24(8-6-23)17-18-3-2-4-19-17/h2-4,14H,5-12H2,1H3,(H,20,26). The Morgan fingerprint density at radius 2 is 1.96 bits per heavy atom. The summed E-state index contributed by atoms with van der Waals surface area (Å²) in [5.74, 6) is 3.25. The minimum atomic E-state index is 0.0915. The number of carbonyl (C=O) groups is 1. The van der Waals surface area contributed by atoms with Crippen LogP contribution < -0.4 is 10.2 Å². The molecule has 0 aromatic carbocycles. The second kappa shape index (κ2) is 7.36. The summed E-state index contributed by atoms with van der Waals surface area (Å²) in [4.78, 5) is 25.2. The van der Waals surface area contributed by atoms with Crippen LogP contribution in [0.5, 0.6) is 0 Å². The summed E-state index contributed by atoms with van der Waals surface area (Å²) < 4.78 is 2.14. The smallest absolute Gasteiger partial charge is 0.234 e. The van der Waals surface area contributed by atoms with Crippen molar-refractivity contribution in [2.24, 2.45) is 5.92 Å². The van der Waals surface area contributed by atoms with Crippen molar-refractivity contribution in [3.05, 3.63) is 30.1 Å². The minimum Gasteiger partial charge on any atom is -0.355 e. The number of rotatable bonds is 5. The molecule has 138 valence electrons. The molecule has 1 unspecified atom stereocenters. The number of hydrogen-bond acceptors (Lipinski definition) is 7. The van der Waals surface area contributed by atoms with Gasteiger partial charge in [-0.2, -0.15) is 0 Å². The molecule has 0 spiro atoms. The number of nitrogens with one attached hydrogen (secondary N) is 1. The van der Waals surface area contributed by atoms with E-state index in [1.54, 1.807) is 12.4 Å². The van der Waals surface area contributed by atoms with E-state index in [9.17, 15) is 4.79 Å². The molecule has 2 aliphatic rings. The van der Waals surface area contributed by atoms with Gasteiger partial charge in [0.15, 0.2) is 0 Å². The normalized spacial score (nSPS) is 20.2. The SMILES string of the molecule is Cc1nnc2n1CC(CNC(=O)CN1CCN(c3ncccn3)CC1)C2. The van der Waals surface area contributed by atoms with Crippen molar-refractivity contribution in [2.75, 3.05) is 44.2 Å². The van der Waals surface area contributed by atoms with Crippen LogP contribution in [0.15, 0.2) is 18.5 Å². The van der Waals surface area contributed by atoms with Crippen LogP contribution in [0.1, 0.15) is 11.6 Å². The van der Waals surface area contributed by atoms with Gasteiger partial charge in [0, 0.05) is 64.0 Å². The molecule has 0 radical (unpaired) electrons. The van der Waals surface area contributed by atoms with Crippen molar-refractivity contribution >= 4 is 11.9 Å². The van der Waals surface area contributed by atoms with Crippen molar-refractivity contribution in [2.45, 2.75) is 19.9 Å². The van der Waals surface area contributed by atoms with Crippen molar-refractivity contribution in [3.63, 3.8) is 0 Å². The van der Waals surface area contributed by atoms with Crippen molar-refractivity contribution in [1.82, 2.24) is 34.9 Å². The number of piperazine rings is 1. The van der Waals surface area contributed by atoms with Gasteiger partial charge in [-0.3, -0.25) is 9.69 Å². The zero-order chi connectivity index (χ0) is 17.9. The lowest BCUT2D eigenvalue weighted by Crippen LogP contribution is -2.50. The van der Waals surface area contributed by atoms with Crippen LogP contribution >= 0.6 is 0 Å². The Morgan fingerprint density at radius 3 is 2.69 bits per heavy atom. The van der Waals surface area contributed by atoms with Crippen LogP contribution in [0.2, 0.25) is 0 Å². The van der Waals surface area contributed by atoms with E-state index in [-0.39, 0.29) is 5.91 Å². The van der Waals surface area contributed by atoms with Crippen molar-refractivity contribution in [1.29, 1.82) is 0 Å². The monoisotopic (exact) mass is 356 g/mol. The average molecular weight is 356 g/mol. The molecular formula is C17H24N8O. The number of aromatic nitrogens is 5. The maximum atomic E-state index is 12.3. The highest BCUT2D eigenvalue weighted by Crippen LogP contribution is 2.19. The molecule has 9 nitrogen and oxygen atoms in total. The molecule has 1 atom stereocenters. The van der Waals surface area contributed by atoms with Crippen LogP contribution in [-0.2, 0) is 17.8 Å². The summed E-state index contributed by atoms with van der Waals surface area (Å²) in [6, 6.07) is 1.82. The highest BCUT2D eigenvalue weighted by Gasteiger charge is 2.25. The summed E-state index contributed by atoms with van der Waals surface area (Å²) in [6.07, 6.45) is 4.40. The van der Waals surface area contributed by atoms with Crippen LogP contribution in [0.25, 0.3) is 0 Å². The molecule has 1 N–H and O–H groups in total. The van der Waals surface area contributed by atoms with Gasteiger partial charge >= 0.3 is 0 Å². The van der Waals surface area contributed by atoms with E-state index in [4.69, 9.17) is 0 Å². The Hall–Kier alpha value is -2.55. The Morgan fingerprint density at radius 1 is 1.19 bits per heavy atom. The number of anilines is 1. The number of aryl methyl sites for hydroxylation is 1. The second-order valence-corrected chi connectivity index (χ2v) is 6.96. The Labute approximate surface area is 152 Å². The van der Waals surface area contributed by atoms with Crippen LogP contribution in [0.4, 0.5) is 5.95 Å². The third kappa shape index (κ3) is 3.67. The molecule has 2 aromatic heterocycles. The lowest BCUT2D eigenvalue weighted by molar-refractivity contribution is -0.122. The fourth-order valence-electron chi connectivity index (χ4n) is 3.61. The van der Waals surface area contributed by atoms with E-state index in [2.05, 4.69) is 39.8 Å². The zero-order valence-corrected chi connectivity index (χ0v) is 15.0. The highest BCUT2D eigenvalue weighted by molar-refractivity contribution is 5.78. The number of hydrogen-bond donors (Lipinski definition) is 1. The molecule has 1 saturated heterocycles. The fourth-order valence-corrected chi connectivity index (χ4v) is 3.61. The van der Waals surface area contributed by atoms with Gasteiger partial charge in [-0.15, -0.1) is 10.2 Å². The van der Waals surface area contributed by atoms with E-state index in [1.807, 2.05) is 13.0 Å². The molecule has 0 aliphatic carbocycles. The van der Waals surface area contributed by atoms with Gasteiger partial charge in [-0.05, 0) is 13.0 Å². The van der Waals surface area contributed by atoms with Crippen LogP contribution in [0.3, 0.4) is 0 Å². The van der Waals surface area contributed by atoms with Crippen molar-refractivity contribution < 1.29 is 4.79 Å². The van der Waals surface area contributed by atoms with Gasteiger partial charge < -0.3 is 14.8 Å². The largest absolute Gasteiger partial charge is 0.355 e. The maximum Gasteiger partial charge on any atom is 0.234 e. The fraction of sp³-hybridized carbons (Fsp3) is 0.588. The predicted molar refractivity (Wildman–Crippen MR) is 95.6 cm³/mol. The van der Waals surface area contributed by atoms with Crippen molar-refractivity contribution in [3.8, 4) is 0 Å². The van der Waals surface area contributed by atoms with Crippen LogP contribution in [-0.4, -0.2) is 74.8 Å². The summed E-state index contributed by atoms with van der Waals surface area (Å²) in [5.41, 5.74) is 0. The molecule has 26 heavy (non-hydrogen) atoms. The molecular weight excluding hydrogens is 332 g/mol. The second-order valence-electron chi connectivity index (χ2n) is 6.96. The summed E-state index contributed by atoms with van der Waals surface area (Å²) >= 11 is 0. The Kier molecular flexibility index (Phi) is 4.79. The molecule has 2 aromatic rings. The van der Waals surface area contributed by atoms with Gasteiger partial charge in [0.1, 0.15) is 11.6 Å². The number of carbonyl (C=O) groups excluding carboxylic acids is 1. The average Bonchev–Trinajstić information content (AvgIpc) is 3.23. The summed E-state index contributed by atoms with van der Waals surface area (Å²) in [6.45, 7) is 7.37. The number of amides is 1. The topological polar surface area (TPSA) is 92.1 Å². The van der Waals surface area contributed by atoms with Gasteiger partial charge in [0.2, 0.25) is 11.9 Å². The lowest BCUT2D eigenvalue weighted by Gasteiger charge is -2.34. The first-order chi connectivity index (χ1) is 12.7. The molecule has 2 aliphatic heterocycles. The number of fused-ring (bicyclic) bond motifs is 1. The minimum absolute atomic E-state index is 0.0915. The maximum absolute atomic E-state index is 12.3. The molecule has 1 fully saturated rings. The molecule has 0 saturated carbocycles. The van der Waals surface area contributed by atoms with Gasteiger partial charge in [0.25, 0.3) is 0 Å². The molecule has 0 bridgehead atoms. The zero-order valence-electron chi connectivity index (χ0n) is 15.0. The first-order valence-electron chi connectivity index (χ1n) is 9.09.